The van der Waals surface area contributed by atoms with Crippen molar-refractivity contribution in [3.63, 3.8) is 0 Å². The van der Waals surface area contributed by atoms with Crippen molar-refractivity contribution in [2.45, 2.75) is 19.8 Å². The molecule has 0 radical (unpaired) electrons. The zero-order valence-corrected chi connectivity index (χ0v) is 20.2. The van der Waals surface area contributed by atoms with E-state index in [2.05, 4.69) is 22.9 Å². The van der Waals surface area contributed by atoms with Crippen LogP contribution in [0.4, 0.5) is 4.39 Å². The number of rotatable bonds is 10. The van der Waals surface area contributed by atoms with E-state index >= 15 is 0 Å². The van der Waals surface area contributed by atoms with Gasteiger partial charge in [-0.2, -0.15) is 0 Å². The van der Waals surface area contributed by atoms with Gasteiger partial charge >= 0.3 is 0 Å². The molecular weight excluding hydrogens is 429 g/mol. The van der Waals surface area contributed by atoms with E-state index < -0.39 is 0 Å². The number of hydrogen-bond acceptors (Lipinski definition) is 5. The molecule has 4 rings (SSSR count). The summed E-state index contributed by atoms with van der Waals surface area (Å²) in [4.78, 5) is 9.65. The van der Waals surface area contributed by atoms with Crippen molar-refractivity contribution in [1.82, 2.24) is 14.8 Å². The van der Waals surface area contributed by atoms with E-state index in [9.17, 15) is 4.39 Å². The third kappa shape index (κ3) is 6.78. The molecule has 0 atom stereocenters. The van der Waals surface area contributed by atoms with E-state index in [1.807, 2.05) is 43.3 Å². The second kappa shape index (κ2) is 12.0. The Morgan fingerprint density at radius 2 is 1.71 bits per heavy atom. The number of likely N-dealkylation sites (N-methyl/N-ethyl adjacent to an activating group) is 1. The minimum absolute atomic E-state index is 0.204. The van der Waals surface area contributed by atoms with Gasteiger partial charge in [-0.05, 0) is 74.3 Å². The van der Waals surface area contributed by atoms with Gasteiger partial charge in [0.2, 0.25) is 5.88 Å². The summed E-state index contributed by atoms with van der Waals surface area (Å²) in [7, 11) is 2.16. The number of halogens is 1. The van der Waals surface area contributed by atoms with Crippen LogP contribution in [0.15, 0.2) is 60.7 Å². The molecule has 180 valence electrons. The van der Waals surface area contributed by atoms with Gasteiger partial charge in [0.25, 0.3) is 0 Å². The zero-order valence-electron chi connectivity index (χ0n) is 20.2. The summed E-state index contributed by atoms with van der Waals surface area (Å²) in [6.45, 7) is 8.39. The van der Waals surface area contributed by atoms with Crippen LogP contribution in [0.2, 0.25) is 0 Å². The highest BCUT2D eigenvalue weighted by Gasteiger charge is 2.15. The Bertz CT molecular complexity index is 1050. The summed E-state index contributed by atoms with van der Waals surface area (Å²) >= 11 is 0. The summed E-state index contributed by atoms with van der Waals surface area (Å²) in [5.74, 6) is 1.29. The molecule has 1 fully saturated rings. The number of pyridine rings is 1. The van der Waals surface area contributed by atoms with Crippen LogP contribution in [0.25, 0.3) is 11.1 Å². The SMILES string of the molecule is CCOc1ccc(-c2ccc(CCc3cccc(F)c3)nc2OCCN2CCN(C)CC2)cc1. The topological polar surface area (TPSA) is 37.8 Å². The second-order valence-corrected chi connectivity index (χ2v) is 8.74. The van der Waals surface area contributed by atoms with Crippen molar-refractivity contribution >= 4 is 0 Å². The lowest BCUT2D eigenvalue weighted by Crippen LogP contribution is -2.45. The minimum atomic E-state index is -0.204. The van der Waals surface area contributed by atoms with Crippen molar-refractivity contribution < 1.29 is 13.9 Å². The van der Waals surface area contributed by atoms with Crippen LogP contribution in [0.1, 0.15) is 18.2 Å². The van der Waals surface area contributed by atoms with Crippen LogP contribution >= 0.6 is 0 Å². The quantitative estimate of drug-likeness (QED) is 0.436. The molecule has 0 N–H and O–H groups in total. The van der Waals surface area contributed by atoms with Crippen LogP contribution in [0.3, 0.4) is 0 Å². The van der Waals surface area contributed by atoms with Crippen LogP contribution in [0, 0.1) is 5.82 Å². The molecule has 3 aromatic rings. The molecule has 34 heavy (non-hydrogen) atoms. The summed E-state index contributed by atoms with van der Waals surface area (Å²) in [6, 6.07) is 18.9. The number of aromatic nitrogens is 1. The predicted octanol–water partition coefficient (Wildman–Crippen LogP) is 4.70. The summed E-state index contributed by atoms with van der Waals surface area (Å²) in [5, 5.41) is 0. The lowest BCUT2D eigenvalue weighted by molar-refractivity contribution is 0.132. The molecule has 0 saturated carbocycles. The highest BCUT2D eigenvalue weighted by atomic mass is 19.1. The number of benzene rings is 2. The predicted molar refractivity (Wildman–Crippen MR) is 134 cm³/mol. The maximum Gasteiger partial charge on any atom is 0.221 e. The highest BCUT2D eigenvalue weighted by Crippen LogP contribution is 2.30. The molecule has 0 unspecified atom stereocenters. The lowest BCUT2D eigenvalue weighted by Gasteiger charge is -2.32. The highest BCUT2D eigenvalue weighted by molar-refractivity contribution is 5.69. The molecule has 6 heteroatoms. The van der Waals surface area contributed by atoms with E-state index in [-0.39, 0.29) is 5.82 Å². The number of piperazine rings is 1. The Hall–Kier alpha value is -2.96. The first-order valence-electron chi connectivity index (χ1n) is 12.1. The van der Waals surface area contributed by atoms with Crippen molar-refractivity contribution in [3.8, 4) is 22.8 Å². The van der Waals surface area contributed by atoms with Crippen molar-refractivity contribution in [1.29, 1.82) is 0 Å². The van der Waals surface area contributed by atoms with Gasteiger partial charge in [0.1, 0.15) is 18.2 Å². The van der Waals surface area contributed by atoms with Crippen molar-refractivity contribution in [2.24, 2.45) is 0 Å². The fraction of sp³-hybridized carbons (Fsp3) is 0.393. The Morgan fingerprint density at radius 3 is 2.44 bits per heavy atom. The summed E-state index contributed by atoms with van der Waals surface area (Å²) < 4.78 is 25.4. The van der Waals surface area contributed by atoms with E-state index in [1.165, 1.54) is 6.07 Å². The first-order valence-corrected chi connectivity index (χ1v) is 12.1. The average molecular weight is 464 g/mol. The number of ether oxygens (including phenoxy) is 2. The van der Waals surface area contributed by atoms with E-state index in [1.54, 1.807) is 12.1 Å². The molecule has 0 spiro atoms. The largest absolute Gasteiger partial charge is 0.494 e. The van der Waals surface area contributed by atoms with Gasteiger partial charge in [-0.1, -0.05) is 24.3 Å². The Kier molecular flexibility index (Phi) is 8.50. The average Bonchev–Trinajstić information content (AvgIpc) is 2.85. The molecule has 2 heterocycles. The van der Waals surface area contributed by atoms with E-state index in [4.69, 9.17) is 14.5 Å². The van der Waals surface area contributed by atoms with Gasteiger partial charge in [-0.15, -0.1) is 0 Å². The van der Waals surface area contributed by atoms with Crippen LogP contribution < -0.4 is 9.47 Å². The smallest absolute Gasteiger partial charge is 0.221 e. The van der Waals surface area contributed by atoms with Gasteiger partial charge in [0, 0.05) is 44.0 Å². The van der Waals surface area contributed by atoms with Crippen molar-refractivity contribution in [2.75, 3.05) is 53.0 Å². The molecule has 0 amide bonds. The molecule has 1 aromatic heterocycles. The third-order valence-corrected chi connectivity index (χ3v) is 6.20. The van der Waals surface area contributed by atoms with E-state index in [0.29, 0.717) is 19.1 Å². The molecule has 1 aliphatic rings. The fourth-order valence-corrected chi connectivity index (χ4v) is 4.15. The maximum absolute atomic E-state index is 13.5. The van der Waals surface area contributed by atoms with Gasteiger partial charge in [0.15, 0.2) is 0 Å². The number of nitrogens with zero attached hydrogens (tertiary/aromatic N) is 3. The monoisotopic (exact) mass is 463 g/mol. The first kappa shape index (κ1) is 24.2. The van der Waals surface area contributed by atoms with Crippen molar-refractivity contribution in [3.05, 3.63) is 77.7 Å². The molecule has 5 nitrogen and oxygen atoms in total. The van der Waals surface area contributed by atoms with Gasteiger partial charge < -0.3 is 14.4 Å². The minimum Gasteiger partial charge on any atom is -0.494 e. The summed E-state index contributed by atoms with van der Waals surface area (Å²) in [6.07, 6.45) is 1.45. The Labute approximate surface area is 202 Å². The molecule has 0 aliphatic carbocycles. The van der Waals surface area contributed by atoms with Gasteiger partial charge in [-0.25, -0.2) is 9.37 Å². The maximum atomic E-state index is 13.5. The number of hydrogen-bond donors (Lipinski definition) is 0. The molecule has 0 bridgehead atoms. The third-order valence-electron chi connectivity index (χ3n) is 6.20. The van der Waals surface area contributed by atoms with Crippen LogP contribution in [0.5, 0.6) is 11.6 Å². The summed E-state index contributed by atoms with van der Waals surface area (Å²) in [5.41, 5.74) is 3.92. The number of aryl methyl sites for hydroxylation is 2. The van der Waals surface area contributed by atoms with Gasteiger partial charge in [0.05, 0.1) is 6.61 Å². The second-order valence-electron chi connectivity index (χ2n) is 8.74. The normalized spacial score (nSPS) is 14.8. The molecule has 2 aromatic carbocycles. The zero-order chi connectivity index (χ0) is 23.8. The van der Waals surface area contributed by atoms with Crippen LogP contribution in [-0.2, 0) is 12.8 Å². The first-order chi connectivity index (χ1) is 16.6. The van der Waals surface area contributed by atoms with Gasteiger partial charge in [-0.3, -0.25) is 4.90 Å². The fourth-order valence-electron chi connectivity index (χ4n) is 4.15. The molecular formula is C28H34FN3O2. The van der Waals surface area contributed by atoms with Crippen LogP contribution in [-0.4, -0.2) is 67.8 Å². The molecule has 1 saturated heterocycles. The molecule has 1 aliphatic heterocycles. The Morgan fingerprint density at radius 1 is 0.912 bits per heavy atom. The van der Waals surface area contributed by atoms with E-state index in [0.717, 1.165) is 73.7 Å². The standard InChI is InChI=1S/C28H34FN3O2/c1-3-33-26-12-8-23(9-13-26)27-14-11-25(10-7-22-5-4-6-24(29)21-22)30-28(27)34-20-19-32-17-15-31(2)16-18-32/h4-6,8-9,11-14,21H,3,7,10,15-20H2,1-2H3. The lowest BCUT2D eigenvalue weighted by atomic mass is 10.0. The Balaban J connectivity index is 1.48.